The first kappa shape index (κ1) is 11.3. The van der Waals surface area contributed by atoms with Crippen LogP contribution in [0.2, 0.25) is 0 Å². The number of fused-ring (bicyclic) bond motifs is 1. The maximum atomic E-state index is 5.75. The van der Waals surface area contributed by atoms with Crippen LogP contribution in [0.5, 0.6) is 0 Å². The molecule has 0 saturated carbocycles. The Hall–Kier alpha value is -0.780. The summed E-state index contributed by atoms with van der Waals surface area (Å²) in [4.78, 5) is 6.88. The first-order valence-corrected chi connectivity index (χ1v) is 7.62. The molecular formula is C12H14N2OS2. The van der Waals surface area contributed by atoms with Gasteiger partial charge in [-0.2, -0.15) is 11.8 Å². The summed E-state index contributed by atoms with van der Waals surface area (Å²) >= 11 is 3.82. The Balaban J connectivity index is 1.94. The lowest BCUT2D eigenvalue weighted by Gasteiger charge is -2.08. The van der Waals surface area contributed by atoms with Gasteiger partial charge in [-0.25, -0.2) is 4.98 Å². The maximum Gasteiger partial charge on any atom is 0.211 e. The lowest BCUT2D eigenvalue weighted by atomic mass is 10.2. The number of nitrogens with zero attached hydrogens (tertiary/aromatic N) is 1. The van der Waals surface area contributed by atoms with Gasteiger partial charge in [-0.3, -0.25) is 0 Å². The monoisotopic (exact) mass is 266 g/mol. The number of aryl methyl sites for hydroxylation is 1. The molecule has 1 atom stereocenters. The Kier molecular flexibility index (Phi) is 2.98. The average Bonchev–Trinajstić information content (AvgIpc) is 2.95. The zero-order valence-electron chi connectivity index (χ0n) is 9.60. The SMILES string of the molecule is CC(N)c1ncc(-c2cc3c(s2)CCSC3)o1. The highest BCUT2D eigenvalue weighted by Crippen LogP contribution is 2.37. The van der Waals surface area contributed by atoms with Gasteiger partial charge < -0.3 is 10.2 Å². The smallest absolute Gasteiger partial charge is 0.211 e. The van der Waals surface area contributed by atoms with Gasteiger partial charge in [0.15, 0.2) is 5.76 Å². The van der Waals surface area contributed by atoms with E-state index < -0.39 is 0 Å². The summed E-state index contributed by atoms with van der Waals surface area (Å²) in [7, 11) is 0. The molecule has 5 heteroatoms. The topological polar surface area (TPSA) is 52.0 Å². The van der Waals surface area contributed by atoms with Crippen molar-refractivity contribution in [3.8, 4) is 10.6 Å². The van der Waals surface area contributed by atoms with Gasteiger partial charge in [0.05, 0.1) is 17.1 Å². The van der Waals surface area contributed by atoms with Crippen LogP contribution in [0.3, 0.4) is 0 Å². The minimum atomic E-state index is -0.145. The Morgan fingerprint density at radius 1 is 1.53 bits per heavy atom. The number of aromatic nitrogens is 1. The van der Waals surface area contributed by atoms with Crippen molar-refractivity contribution in [3.05, 3.63) is 28.6 Å². The van der Waals surface area contributed by atoms with Crippen LogP contribution in [-0.4, -0.2) is 10.7 Å². The average molecular weight is 266 g/mol. The molecular weight excluding hydrogens is 252 g/mol. The van der Waals surface area contributed by atoms with Crippen molar-refractivity contribution < 1.29 is 4.42 Å². The third-order valence-corrected chi connectivity index (χ3v) is 5.04. The molecule has 1 aliphatic rings. The minimum absolute atomic E-state index is 0.145. The quantitative estimate of drug-likeness (QED) is 0.907. The van der Waals surface area contributed by atoms with E-state index >= 15 is 0 Å². The van der Waals surface area contributed by atoms with Crippen molar-refractivity contribution in [1.82, 2.24) is 4.98 Å². The van der Waals surface area contributed by atoms with E-state index in [1.807, 2.05) is 30.0 Å². The van der Waals surface area contributed by atoms with Crippen LogP contribution >= 0.6 is 23.1 Å². The number of thiophene rings is 1. The highest BCUT2D eigenvalue weighted by Gasteiger charge is 2.17. The Labute approximate surface area is 108 Å². The molecule has 2 aromatic rings. The third kappa shape index (κ3) is 2.14. The van der Waals surface area contributed by atoms with E-state index in [2.05, 4.69) is 11.1 Å². The van der Waals surface area contributed by atoms with Crippen LogP contribution in [0.1, 0.15) is 29.3 Å². The summed E-state index contributed by atoms with van der Waals surface area (Å²) in [6, 6.07) is 2.09. The van der Waals surface area contributed by atoms with E-state index in [0.29, 0.717) is 5.89 Å². The predicted molar refractivity (Wildman–Crippen MR) is 72.3 cm³/mol. The van der Waals surface area contributed by atoms with Gasteiger partial charge >= 0.3 is 0 Å². The fourth-order valence-corrected chi connectivity index (χ4v) is 4.20. The highest BCUT2D eigenvalue weighted by molar-refractivity contribution is 7.98. The van der Waals surface area contributed by atoms with Gasteiger partial charge in [0, 0.05) is 10.6 Å². The maximum absolute atomic E-state index is 5.75. The minimum Gasteiger partial charge on any atom is -0.438 e. The lowest BCUT2D eigenvalue weighted by molar-refractivity contribution is 0.474. The molecule has 0 spiro atoms. The molecule has 1 aliphatic heterocycles. The molecule has 0 aliphatic carbocycles. The van der Waals surface area contributed by atoms with Crippen LogP contribution in [0.15, 0.2) is 16.7 Å². The molecule has 2 aromatic heterocycles. The van der Waals surface area contributed by atoms with Crippen molar-refractivity contribution in [3.63, 3.8) is 0 Å². The van der Waals surface area contributed by atoms with Gasteiger partial charge in [0.2, 0.25) is 5.89 Å². The fourth-order valence-electron chi connectivity index (χ4n) is 1.88. The molecule has 3 heterocycles. The second-order valence-electron chi connectivity index (χ2n) is 4.21. The first-order valence-electron chi connectivity index (χ1n) is 5.65. The first-order chi connectivity index (χ1) is 8.24. The molecule has 3 rings (SSSR count). The number of oxazole rings is 1. The van der Waals surface area contributed by atoms with Gasteiger partial charge in [0.25, 0.3) is 0 Å². The van der Waals surface area contributed by atoms with E-state index in [-0.39, 0.29) is 6.04 Å². The van der Waals surface area contributed by atoms with Crippen LogP contribution < -0.4 is 5.73 Å². The standard InChI is InChI=1S/C12H14N2OS2/c1-7(13)12-14-5-9(15-12)11-4-8-6-16-3-2-10(8)17-11/h4-5,7H,2-3,6,13H2,1H3. The molecule has 0 aromatic carbocycles. The van der Waals surface area contributed by atoms with Crippen LogP contribution in [-0.2, 0) is 12.2 Å². The molecule has 0 saturated heterocycles. The summed E-state index contributed by atoms with van der Waals surface area (Å²) in [5.41, 5.74) is 7.20. The molecule has 0 bridgehead atoms. The van der Waals surface area contributed by atoms with E-state index in [9.17, 15) is 0 Å². The number of thioether (sulfide) groups is 1. The molecule has 90 valence electrons. The fraction of sp³-hybridized carbons (Fsp3) is 0.417. The van der Waals surface area contributed by atoms with Crippen LogP contribution in [0.25, 0.3) is 10.6 Å². The summed E-state index contributed by atoms with van der Waals surface area (Å²) in [5.74, 6) is 3.82. The van der Waals surface area contributed by atoms with Crippen molar-refractivity contribution >= 4 is 23.1 Å². The summed E-state index contributed by atoms with van der Waals surface area (Å²) in [6.07, 6.45) is 2.96. The largest absolute Gasteiger partial charge is 0.438 e. The zero-order valence-corrected chi connectivity index (χ0v) is 11.2. The van der Waals surface area contributed by atoms with E-state index in [4.69, 9.17) is 10.2 Å². The Morgan fingerprint density at radius 3 is 3.12 bits per heavy atom. The van der Waals surface area contributed by atoms with Crippen LogP contribution in [0.4, 0.5) is 0 Å². The van der Waals surface area contributed by atoms with E-state index in [0.717, 1.165) is 11.5 Å². The van der Waals surface area contributed by atoms with Crippen molar-refractivity contribution in [2.45, 2.75) is 25.1 Å². The van der Waals surface area contributed by atoms with Crippen molar-refractivity contribution in [2.24, 2.45) is 5.73 Å². The number of hydrogen-bond donors (Lipinski definition) is 1. The van der Waals surface area contributed by atoms with Gasteiger partial charge in [-0.1, -0.05) is 0 Å². The van der Waals surface area contributed by atoms with Gasteiger partial charge in [-0.05, 0) is 30.7 Å². The number of rotatable bonds is 2. The molecule has 2 N–H and O–H groups in total. The van der Waals surface area contributed by atoms with E-state index in [1.54, 1.807) is 6.20 Å². The lowest BCUT2D eigenvalue weighted by Crippen LogP contribution is -2.04. The number of nitrogens with two attached hydrogens (primary N) is 1. The molecule has 1 unspecified atom stereocenters. The number of hydrogen-bond acceptors (Lipinski definition) is 5. The van der Waals surface area contributed by atoms with Gasteiger partial charge in [0.1, 0.15) is 0 Å². The Morgan fingerprint density at radius 2 is 2.41 bits per heavy atom. The zero-order chi connectivity index (χ0) is 11.8. The van der Waals surface area contributed by atoms with E-state index in [1.165, 1.54) is 27.5 Å². The molecule has 0 fully saturated rings. The van der Waals surface area contributed by atoms with Crippen molar-refractivity contribution in [1.29, 1.82) is 0 Å². The molecule has 17 heavy (non-hydrogen) atoms. The normalized spacial score (nSPS) is 16.8. The molecule has 0 amide bonds. The third-order valence-electron chi connectivity index (χ3n) is 2.78. The highest BCUT2D eigenvalue weighted by atomic mass is 32.2. The molecule has 3 nitrogen and oxygen atoms in total. The molecule has 0 radical (unpaired) electrons. The second-order valence-corrected chi connectivity index (χ2v) is 6.45. The summed E-state index contributed by atoms with van der Waals surface area (Å²) < 4.78 is 5.68. The van der Waals surface area contributed by atoms with Crippen LogP contribution in [0, 0.1) is 0 Å². The van der Waals surface area contributed by atoms with Gasteiger partial charge in [-0.15, -0.1) is 11.3 Å². The summed E-state index contributed by atoms with van der Waals surface area (Å²) in [6.45, 7) is 1.88. The van der Waals surface area contributed by atoms with Crippen molar-refractivity contribution in [2.75, 3.05) is 5.75 Å². The second kappa shape index (κ2) is 4.48. The summed E-state index contributed by atoms with van der Waals surface area (Å²) in [5, 5.41) is 0. The Bertz CT molecular complexity index is 507. The predicted octanol–water partition coefficient (Wildman–Crippen LogP) is 3.21.